The number of hydrogen-bond donors (Lipinski definition) is 0. The second-order valence-corrected chi connectivity index (χ2v) is 9.71. The predicted molar refractivity (Wildman–Crippen MR) is 142 cm³/mol. The highest BCUT2D eigenvalue weighted by atomic mass is 35.5. The fraction of sp³-hybridized carbons (Fsp3) is 0.310. The third kappa shape index (κ3) is 5.68. The van der Waals surface area contributed by atoms with Gasteiger partial charge in [0, 0.05) is 12.1 Å². The van der Waals surface area contributed by atoms with Gasteiger partial charge in [-0.1, -0.05) is 61.8 Å². The first-order valence-electron chi connectivity index (χ1n) is 12.0. The number of methoxy groups -OCH3 is 1. The zero-order valence-electron chi connectivity index (χ0n) is 20.8. The molecule has 4 rings (SSSR count). The molecule has 3 aromatic carbocycles. The van der Waals surface area contributed by atoms with E-state index < -0.39 is 0 Å². The Labute approximate surface area is 212 Å². The van der Waals surface area contributed by atoms with Crippen LogP contribution in [0.3, 0.4) is 0 Å². The first kappa shape index (κ1) is 24.8. The van der Waals surface area contributed by atoms with Crippen molar-refractivity contribution in [2.24, 2.45) is 5.92 Å². The van der Waals surface area contributed by atoms with Crippen LogP contribution in [0, 0.1) is 12.8 Å². The van der Waals surface area contributed by atoms with Gasteiger partial charge in [-0.3, -0.25) is 4.79 Å². The van der Waals surface area contributed by atoms with Crippen molar-refractivity contribution in [1.82, 2.24) is 14.5 Å². The summed E-state index contributed by atoms with van der Waals surface area (Å²) in [6.07, 6.45) is 0.891. The van der Waals surface area contributed by atoms with Crippen molar-refractivity contribution in [2.45, 2.75) is 40.3 Å². The number of carbonyl (C=O) groups excluding carboxylic acids is 1. The molecular weight excluding hydrogens is 458 g/mol. The average Bonchev–Trinajstić information content (AvgIpc) is 3.18. The number of ether oxygens (including phenoxy) is 1. The first-order valence-corrected chi connectivity index (χ1v) is 12.4. The van der Waals surface area contributed by atoms with E-state index in [1.54, 1.807) is 7.11 Å². The van der Waals surface area contributed by atoms with Gasteiger partial charge < -0.3 is 14.2 Å². The smallest absolute Gasteiger partial charge is 0.255 e. The van der Waals surface area contributed by atoms with E-state index in [4.69, 9.17) is 21.3 Å². The van der Waals surface area contributed by atoms with E-state index in [1.165, 1.54) is 0 Å². The van der Waals surface area contributed by atoms with Crippen LogP contribution in [-0.4, -0.2) is 34.0 Å². The van der Waals surface area contributed by atoms with Crippen LogP contribution in [-0.2, 0) is 13.1 Å². The quantitative estimate of drug-likeness (QED) is 0.261. The summed E-state index contributed by atoms with van der Waals surface area (Å²) < 4.78 is 7.78. The van der Waals surface area contributed by atoms with E-state index in [0.29, 0.717) is 36.1 Å². The number of nitrogens with zero attached hydrogens (tertiary/aromatic N) is 3. The molecule has 5 nitrogen and oxygen atoms in total. The topological polar surface area (TPSA) is 47.4 Å². The van der Waals surface area contributed by atoms with Crippen LogP contribution >= 0.6 is 11.6 Å². The SMILES string of the molecule is COc1ccccc1Cn1c(CN(CCC(C)C)C(=O)c2ccc(C)cc2Cl)nc2ccccc21. The lowest BCUT2D eigenvalue weighted by molar-refractivity contribution is 0.0730. The van der Waals surface area contributed by atoms with Gasteiger partial charge >= 0.3 is 0 Å². The Bertz CT molecular complexity index is 1330. The van der Waals surface area contributed by atoms with Gasteiger partial charge in [-0.25, -0.2) is 4.98 Å². The number of aromatic nitrogens is 2. The summed E-state index contributed by atoms with van der Waals surface area (Å²) in [5, 5.41) is 0.479. The van der Waals surface area contributed by atoms with Gasteiger partial charge in [0.25, 0.3) is 5.91 Å². The normalized spacial score (nSPS) is 11.3. The number of para-hydroxylation sites is 3. The number of halogens is 1. The number of rotatable bonds is 9. The van der Waals surface area contributed by atoms with Crippen molar-refractivity contribution in [3.63, 3.8) is 0 Å². The number of hydrogen-bond acceptors (Lipinski definition) is 3. The van der Waals surface area contributed by atoms with E-state index in [-0.39, 0.29) is 5.91 Å². The molecule has 0 N–H and O–H groups in total. The molecule has 0 spiro atoms. The van der Waals surface area contributed by atoms with Crippen molar-refractivity contribution in [3.05, 3.63) is 94.3 Å². The molecule has 0 unspecified atom stereocenters. The Morgan fingerprint density at radius 3 is 2.57 bits per heavy atom. The minimum atomic E-state index is -0.0773. The lowest BCUT2D eigenvalue weighted by Gasteiger charge is -2.25. The molecule has 1 aromatic heterocycles. The van der Waals surface area contributed by atoms with Gasteiger partial charge in [0.2, 0.25) is 0 Å². The highest BCUT2D eigenvalue weighted by Crippen LogP contribution is 2.25. The summed E-state index contributed by atoms with van der Waals surface area (Å²) in [7, 11) is 1.68. The monoisotopic (exact) mass is 489 g/mol. The fourth-order valence-corrected chi connectivity index (χ4v) is 4.54. The second-order valence-electron chi connectivity index (χ2n) is 9.31. The summed E-state index contributed by atoms with van der Waals surface area (Å²) >= 11 is 6.49. The molecule has 0 fully saturated rings. The maximum absolute atomic E-state index is 13.7. The third-order valence-corrected chi connectivity index (χ3v) is 6.52. The maximum atomic E-state index is 13.7. The van der Waals surface area contributed by atoms with Crippen molar-refractivity contribution >= 4 is 28.5 Å². The predicted octanol–water partition coefficient (Wildman–Crippen LogP) is 6.74. The van der Waals surface area contributed by atoms with E-state index in [0.717, 1.165) is 40.2 Å². The third-order valence-electron chi connectivity index (χ3n) is 6.21. The molecule has 0 aliphatic heterocycles. The summed E-state index contributed by atoms with van der Waals surface area (Å²) in [6, 6.07) is 21.7. The second kappa shape index (κ2) is 11.0. The summed E-state index contributed by atoms with van der Waals surface area (Å²) in [6.45, 7) is 7.91. The highest BCUT2D eigenvalue weighted by molar-refractivity contribution is 6.33. The number of carbonyl (C=O) groups is 1. The van der Waals surface area contributed by atoms with Gasteiger partial charge in [0.1, 0.15) is 11.6 Å². The molecule has 182 valence electrons. The molecule has 0 saturated carbocycles. The molecule has 35 heavy (non-hydrogen) atoms. The van der Waals surface area contributed by atoms with E-state index in [9.17, 15) is 4.79 Å². The van der Waals surface area contributed by atoms with Crippen LogP contribution in [0.25, 0.3) is 11.0 Å². The molecule has 4 aromatic rings. The van der Waals surface area contributed by atoms with Crippen LogP contribution in [0.1, 0.15) is 47.6 Å². The molecule has 0 saturated heterocycles. The van der Waals surface area contributed by atoms with Crippen LogP contribution in [0.15, 0.2) is 66.7 Å². The van der Waals surface area contributed by atoms with Crippen LogP contribution in [0.2, 0.25) is 5.02 Å². The summed E-state index contributed by atoms with van der Waals surface area (Å²) in [5.74, 6) is 2.05. The molecule has 1 heterocycles. The zero-order valence-corrected chi connectivity index (χ0v) is 21.5. The van der Waals surface area contributed by atoms with Gasteiger partial charge in [0.05, 0.1) is 41.8 Å². The van der Waals surface area contributed by atoms with Gasteiger partial charge in [-0.2, -0.15) is 0 Å². The van der Waals surface area contributed by atoms with Gasteiger partial charge in [-0.05, 0) is 55.2 Å². The largest absolute Gasteiger partial charge is 0.496 e. The highest BCUT2D eigenvalue weighted by Gasteiger charge is 2.22. The molecule has 0 aliphatic carbocycles. The van der Waals surface area contributed by atoms with Crippen molar-refractivity contribution in [3.8, 4) is 5.75 Å². The van der Waals surface area contributed by atoms with Crippen molar-refractivity contribution in [2.75, 3.05) is 13.7 Å². The Morgan fingerprint density at radius 1 is 1.09 bits per heavy atom. The fourth-order valence-electron chi connectivity index (χ4n) is 4.23. The Kier molecular flexibility index (Phi) is 7.76. The van der Waals surface area contributed by atoms with Crippen molar-refractivity contribution in [1.29, 1.82) is 0 Å². The van der Waals surface area contributed by atoms with Gasteiger partial charge in [0.15, 0.2) is 0 Å². The van der Waals surface area contributed by atoms with E-state index in [2.05, 4.69) is 30.5 Å². The van der Waals surface area contributed by atoms with Crippen molar-refractivity contribution < 1.29 is 9.53 Å². The Hall–Kier alpha value is -3.31. The standard InChI is InChI=1S/C29H32ClN3O2/c1-20(2)15-16-32(29(34)23-14-13-21(3)17-24(23)30)19-28-31-25-10-6-7-11-26(25)33(28)18-22-9-5-8-12-27(22)35-4/h5-14,17,20H,15-16,18-19H2,1-4H3. The van der Waals surface area contributed by atoms with E-state index >= 15 is 0 Å². The Morgan fingerprint density at radius 2 is 1.83 bits per heavy atom. The summed E-state index contributed by atoms with van der Waals surface area (Å²) in [4.78, 5) is 20.5. The molecule has 6 heteroatoms. The molecule has 1 amide bonds. The first-order chi connectivity index (χ1) is 16.9. The molecule has 0 atom stereocenters. The number of aryl methyl sites for hydroxylation is 1. The number of imidazole rings is 1. The van der Waals surface area contributed by atoms with Crippen LogP contribution in [0.5, 0.6) is 5.75 Å². The van der Waals surface area contributed by atoms with Crippen LogP contribution < -0.4 is 4.74 Å². The summed E-state index contributed by atoms with van der Waals surface area (Å²) in [5.41, 5.74) is 4.54. The average molecular weight is 490 g/mol. The zero-order chi connectivity index (χ0) is 24.9. The molecule has 0 bridgehead atoms. The lowest BCUT2D eigenvalue weighted by Crippen LogP contribution is -2.33. The Balaban J connectivity index is 1.74. The minimum absolute atomic E-state index is 0.0773. The lowest BCUT2D eigenvalue weighted by atomic mass is 10.1. The number of amides is 1. The minimum Gasteiger partial charge on any atom is -0.496 e. The number of fused-ring (bicyclic) bond motifs is 1. The van der Waals surface area contributed by atoms with E-state index in [1.807, 2.05) is 66.4 Å². The number of benzene rings is 3. The molecule has 0 radical (unpaired) electrons. The van der Waals surface area contributed by atoms with Gasteiger partial charge in [-0.15, -0.1) is 0 Å². The molecule has 0 aliphatic rings. The maximum Gasteiger partial charge on any atom is 0.255 e. The molecular formula is C29H32ClN3O2. The van der Waals surface area contributed by atoms with Crippen LogP contribution in [0.4, 0.5) is 0 Å².